The van der Waals surface area contributed by atoms with Crippen molar-refractivity contribution >= 4 is 17.3 Å². The molecule has 0 spiro atoms. The molecule has 26 heavy (non-hydrogen) atoms. The number of anilines is 1. The topological polar surface area (TPSA) is 58.1 Å². The van der Waals surface area contributed by atoms with Crippen LogP contribution in [0.1, 0.15) is 30.2 Å². The van der Waals surface area contributed by atoms with Gasteiger partial charge >= 0.3 is 0 Å². The highest BCUT2D eigenvalue weighted by molar-refractivity contribution is 5.79. The monoisotopic (exact) mass is 354 g/mol. The number of aromatic nitrogens is 2. The lowest BCUT2D eigenvalue weighted by Gasteiger charge is -2.17. The van der Waals surface area contributed by atoms with E-state index >= 15 is 0 Å². The molecule has 0 saturated carbocycles. The Labute approximate surface area is 152 Å². The van der Waals surface area contributed by atoms with Gasteiger partial charge in [-0.25, -0.2) is 4.39 Å². The summed E-state index contributed by atoms with van der Waals surface area (Å²) in [5.41, 5.74) is 2.69. The van der Waals surface area contributed by atoms with Crippen molar-refractivity contribution in [3.8, 4) is 0 Å². The SMILES string of the molecule is C=C(C)c1ccc(CC(=O)N[C@H]2CCN(c3ccc(C)nn3)C2)cc1F. The zero-order chi connectivity index (χ0) is 18.7. The summed E-state index contributed by atoms with van der Waals surface area (Å²) in [5, 5.41) is 11.3. The van der Waals surface area contributed by atoms with Gasteiger partial charge in [0.05, 0.1) is 12.1 Å². The Morgan fingerprint density at radius 3 is 2.81 bits per heavy atom. The van der Waals surface area contributed by atoms with Crippen molar-refractivity contribution in [1.82, 2.24) is 15.5 Å². The number of carbonyl (C=O) groups is 1. The molecule has 136 valence electrons. The van der Waals surface area contributed by atoms with Crippen molar-refractivity contribution in [2.24, 2.45) is 0 Å². The molecule has 1 N–H and O–H groups in total. The van der Waals surface area contributed by atoms with Gasteiger partial charge in [0.2, 0.25) is 5.91 Å². The van der Waals surface area contributed by atoms with Crippen LogP contribution in [0.5, 0.6) is 0 Å². The minimum Gasteiger partial charge on any atom is -0.353 e. The van der Waals surface area contributed by atoms with E-state index in [-0.39, 0.29) is 24.2 Å². The van der Waals surface area contributed by atoms with Gasteiger partial charge < -0.3 is 10.2 Å². The Bertz CT molecular complexity index is 819. The Morgan fingerprint density at radius 2 is 2.15 bits per heavy atom. The van der Waals surface area contributed by atoms with E-state index < -0.39 is 0 Å². The van der Waals surface area contributed by atoms with Gasteiger partial charge in [0.15, 0.2) is 5.82 Å². The molecule has 1 aliphatic rings. The van der Waals surface area contributed by atoms with Crippen LogP contribution in [0.15, 0.2) is 36.9 Å². The minimum absolute atomic E-state index is 0.0603. The first-order valence-corrected chi connectivity index (χ1v) is 8.71. The van der Waals surface area contributed by atoms with E-state index in [4.69, 9.17) is 0 Å². The molecular weight excluding hydrogens is 331 g/mol. The molecule has 1 aromatic carbocycles. The van der Waals surface area contributed by atoms with Gasteiger partial charge in [-0.15, -0.1) is 5.10 Å². The van der Waals surface area contributed by atoms with E-state index in [0.717, 1.165) is 24.5 Å². The van der Waals surface area contributed by atoms with Crippen LogP contribution in [0.3, 0.4) is 0 Å². The number of amides is 1. The van der Waals surface area contributed by atoms with Crippen LogP contribution in [0.4, 0.5) is 10.2 Å². The van der Waals surface area contributed by atoms with Gasteiger partial charge in [-0.3, -0.25) is 4.79 Å². The van der Waals surface area contributed by atoms with Crippen LogP contribution < -0.4 is 10.2 Å². The molecule has 6 heteroatoms. The molecular formula is C20H23FN4O. The van der Waals surface area contributed by atoms with Crippen LogP contribution in [0.25, 0.3) is 5.57 Å². The fraction of sp³-hybridized carbons (Fsp3) is 0.350. The number of hydrogen-bond donors (Lipinski definition) is 1. The number of rotatable bonds is 5. The molecule has 1 saturated heterocycles. The fourth-order valence-electron chi connectivity index (χ4n) is 3.13. The summed E-state index contributed by atoms with van der Waals surface area (Å²) in [7, 11) is 0. The van der Waals surface area contributed by atoms with E-state index in [1.165, 1.54) is 6.07 Å². The van der Waals surface area contributed by atoms with E-state index in [1.807, 2.05) is 19.1 Å². The Kier molecular flexibility index (Phi) is 5.30. The highest BCUT2D eigenvalue weighted by atomic mass is 19.1. The van der Waals surface area contributed by atoms with Gasteiger partial charge in [0.25, 0.3) is 0 Å². The summed E-state index contributed by atoms with van der Waals surface area (Å²) in [6.07, 6.45) is 1.01. The number of nitrogens with one attached hydrogen (secondary N) is 1. The number of aryl methyl sites for hydroxylation is 1. The number of hydrogen-bond acceptors (Lipinski definition) is 4. The lowest BCUT2D eigenvalue weighted by Crippen LogP contribution is -2.38. The maximum Gasteiger partial charge on any atom is 0.224 e. The molecule has 5 nitrogen and oxygen atoms in total. The van der Waals surface area contributed by atoms with Gasteiger partial charge in [-0.2, -0.15) is 5.10 Å². The van der Waals surface area contributed by atoms with Crippen molar-refractivity contribution in [3.05, 3.63) is 59.5 Å². The minimum atomic E-state index is -0.340. The molecule has 1 atom stereocenters. The van der Waals surface area contributed by atoms with Gasteiger partial charge in [-0.05, 0) is 49.6 Å². The van der Waals surface area contributed by atoms with Crippen LogP contribution in [0, 0.1) is 12.7 Å². The maximum atomic E-state index is 14.0. The predicted octanol–water partition coefficient (Wildman–Crippen LogP) is 2.89. The number of carbonyl (C=O) groups excluding carboxylic acids is 1. The van der Waals surface area contributed by atoms with Crippen molar-refractivity contribution in [1.29, 1.82) is 0 Å². The van der Waals surface area contributed by atoms with E-state index in [9.17, 15) is 9.18 Å². The molecule has 2 heterocycles. The molecule has 3 rings (SSSR count). The van der Waals surface area contributed by atoms with Crippen molar-refractivity contribution < 1.29 is 9.18 Å². The third kappa shape index (κ3) is 4.25. The number of nitrogens with zero attached hydrogens (tertiary/aromatic N) is 3. The summed E-state index contributed by atoms with van der Waals surface area (Å²) in [4.78, 5) is 14.4. The van der Waals surface area contributed by atoms with E-state index in [0.29, 0.717) is 23.2 Å². The summed E-state index contributed by atoms with van der Waals surface area (Å²) >= 11 is 0. The van der Waals surface area contributed by atoms with Gasteiger partial charge in [0.1, 0.15) is 5.82 Å². The quantitative estimate of drug-likeness (QED) is 0.897. The van der Waals surface area contributed by atoms with Crippen molar-refractivity contribution in [3.63, 3.8) is 0 Å². The zero-order valence-corrected chi connectivity index (χ0v) is 15.1. The van der Waals surface area contributed by atoms with Crippen LogP contribution in [-0.4, -0.2) is 35.2 Å². The normalized spacial score (nSPS) is 16.6. The molecule has 1 fully saturated rings. The first-order valence-electron chi connectivity index (χ1n) is 8.71. The molecule has 2 aromatic rings. The molecule has 0 radical (unpaired) electrons. The molecule has 0 unspecified atom stereocenters. The predicted molar refractivity (Wildman–Crippen MR) is 100 cm³/mol. The van der Waals surface area contributed by atoms with Crippen molar-refractivity contribution in [2.75, 3.05) is 18.0 Å². The smallest absolute Gasteiger partial charge is 0.224 e. The molecule has 1 aliphatic heterocycles. The fourth-order valence-corrected chi connectivity index (χ4v) is 3.13. The highest BCUT2D eigenvalue weighted by Crippen LogP contribution is 2.19. The average molecular weight is 354 g/mol. The average Bonchev–Trinajstić information content (AvgIpc) is 3.03. The van der Waals surface area contributed by atoms with Gasteiger partial charge in [-0.1, -0.05) is 18.7 Å². The summed E-state index contributed by atoms with van der Waals surface area (Å²) in [6, 6.07) is 8.79. The summed E-state index contributed by atoms with van der Waals surface area (Å²) in [6.45, 7) is 8.93. The number of benzene rings is 1. The molecule has 1 aromatic heterocycles. The summed E-state index contributed by atoms with van der Waals surface area (Å²) < 4.78 is 14.0. The zero-order valence-electron chi connectivity index (χ0n) is 15.1. The lowest BCUT2D eigenvalue weighted by molar-refractivity contribution is -0.121. The van der Waals surface area contributed by atoms with E-state index in [2.05, 4.69) is 27.0 Å². The van der Waals surface area contributed by atoms with E-state index in [1.54, 1.807) is 19.1 Å². The summed E-state index contributed by atoms with van der Waals surface area (Å²) in [5.74, 6) is 0.381. The first-order chi connectivity index (χ1) is 12.4. The highest BCUT2D eigenvalue weighted by Gasteiger charge is 2.25. The molecule has 1 amide bonds. The second-order valence-corrected chi connectivity index (χ2v) is 6.80. The Hall–Kier alpha value is -2.76. The Balaban J connectivity index is 1.55. The first kappa shape index (κ1) is 18.0. The third-order valence-corrected chi connectivity index (χ3v) is 4.52. The number of allylic oxidation sites excluding steroid dienone is 1. The second kappa shape index (κ2) is 7.64. The molecule has 0 aliphatic carbocycles. The maximum absolute atomic E-state index is 14.0. The number of halogens is 1. The standard InChI is InChI=1S/C20H23FN4O/c1-13(2)17-6-5-15(10-18(17)21)11-20(26)22-16-8-9-25(12-16)19-7-4-14(3)23-24-19/h4-7,10,16H,1,8-9,11-12H2,2-3H3,(H,22,26)/t16-/m0/s1. The largest absolute Gasteiger partial charge is 0.353 e. The van der Waals surface area contributed by atoms with Gasteiger partial charge in [0, 0.05) is 24.7 Å². The van der Waals surface area contributed by atoms with Crippen LogP contribution in [-0.2, 0) is 11.2 Å². The van der Waals surface area contributed by atoms with Crippen molar-refractivity contribution in [2.45, 2.75) is 32.7 Å². The third-order valence-electron chi connectivity index (χ3n) is 4.52. The molecule has 0 bridgehead atoms. The van der Waals surface area contributed by atoms with Crippen LogP contribution >= 0.6 is 0 Å². The Morgan fingerprint density at radius 1 is 1.35 bits per heavy atom. The second-order valence-electron chi connectivity index (χ2n) is 6.80. The lowest BCUT2D eigenvalue weighted by atomic mass is 10.0. The van der Waals surface area contributed by atoms with Crippen LogP contribution in [0.2, 0.25) is 0 Å².